The van der Waals surface area contributed by atoms with Gasteiger partial charge in [0.15, 0.2) is 27.0 Å². The molecular weight excluding hydrogens is 529 g/mol. The van der Waals surface area contributed by atoms with E-state index in [2.05, 4.69) is 20.3 Å². The zero-order valence-corrected chi connectivity index (χ0v) is 18.6. The Kier molecular flexibility index (Phi) is 6.27. The number of imidazole rings is 1. The first-order valence-electron chi connectivity index (χ1n) is 9.01. The van der Waals surface area contributed by atoms with Crippen molar-refractivity contribution in [2.75, 3.05) is 19.0 Å². The van der Waals surface area contributed by atoms with Crippen LogP contribution in [0.4, 0.5) is 5.82 Å². The van der Waals surface area contributed by atoms with Crippen LogP contribution in [0.5, 0.6) is 5.75 Å². The van der Waals surface area contributed by atoms with E-state index < -0.39 is 31.1 Å². The van der Waals surface area contributed by atoms with Gasteiger partial charge < -0.3 is 30.1 Å². The van der Waals surface area contributed by atoms with Gasteiger partial charge in [-0.15, -0.1) is 0 Å². The number of benzene rings is 1. The van der Waals surface area contributed by atoms with Gasteiger partial charge in [0.1, 0.15) is 24.1 Å². The highest BCUT2D eigenvalue weighted by Crippen LogP contribution is 2.32. The molecule has 0 aliphatic carbocycles. The molecular formula is C18H19ClIN5O5. The molecule has 1 fully saturated rings. The number of aromatic nitrogens is 4. The molecule has 1 aromatic carbocycles. The summed E-state index contributed by atoms with van der Waals surface area (Å²) in [4.78, 5) is 13.2. The summed E-state index contributed by atoms with van der Waals surface area (Å²) >= 11 is 8.26. The van der Waals surface area contributed by atoms with Crippen molar-refractivity contribution < 1.29 is 24.8 Å². The van der Waals surface area contributed by atoms with Crippen LogP contribution in [-0.4, -0.2) is 66.9 Å². The fourth-order valence-electron chi connectivity index (χ4n) is 3.30. The average Bonchev–Trinajstić information content (AvgIpc) is 3.28. The highest BCUT2D eigenvalue weighted by atomic mass is 127. The van der Waals surface area contributed by atoms with E-state index in [-0.39, 0.29) is 0 Å². The minimum atomic E-state index is -1.24. The summed E-state index contributed by atoms with van der Waals surface area (Å²) in [6, 6.07) is 5.36. The second-order valence-electron chi connectivity index (χ2n) is 6.71. The highest BCUT2D eigenvalue weighted by Gasteiger charge is 2.44. The molecule has 10 nitrogen and oxygen atoms in total. The number of nitrogens with zero attached hydrogens (tertiary/aromatic N) is 4. The summed E-state index contributed by atoms with van der Waals surface area (Å²) in [7, 11) is 1.58. The monoisotopic (exact) mass is 547 g/mol. The number of fused-ring (bicyclic) bond motifs is 1. The van der Waals surface area contributed by atoms with Crippen molar-refractivity contribution in [2.45, 2.75) is 31.1 Å². The Morgan fingerprint density at radius 2 is 2.10 bits per heavy atom. The van der Waals surface area contributed by atoms with E-state index in [1.165, 1.54) is 10.9 Å². The van der Waals surface area contributed by atoms with Crippen LogP contribution in [-0.2, 0) is 11.3 Å². The van der Waals surface area contributed by atoms with Crippen LogP contribution in [0.1, 0.15) is 11.8 Å². The molecule has 4 N–H and O–H groups in total. The van der Waals surface area contributed by atoms with Crippen molar-refractivity contribution in [3.8, 4) is 5.75 Å². The normalized spacial score (nSPS) is 23.8. The van der Waals surface area contributed by atoms with Crippen LogP contribution < -0.4 is 10.1 Å². The van der Waals surface area contributed by atoms with Crippen molar-refractivity contribution in [2.24, 2.45) is 0 Å². The average molecular weight is 548 g/mol. The second-order valence-corrected chi connectivity index (χ2v) is 8.08. The first-order valence-corrected chi connectivity index (χ1v) is 10.5. The number of anilines is 1. The van der Waals surface area contributed by atoms with Crippen LogP contribution in [0.25, 0.3) is 11.2 Å². The molecule has 0 amide bonds. The fourth-order valence-corrected chi connectivity index (χ4v) is 3.96. The molecule has 0 radical (unpaired) electrons. The Hall–Kier alpha value is -1.77. The smallest absolute Gasteiger partial charge is 0.194 e. The van der Waals surface area contributed by atoms with Crippen LogP contribution in [0.3, 0.4) is 0 Å². The number of rotatable bonds is 6. The number of halogens is 2. The van der Waals surface area contributed by atoms with Gasteiger partial charge in [-0.05, 0) is 23.8 Å². The minimum Gasteiger partial charge on any atom is -0.497 e. The molecule has 1 aliphatic heterocycles. The number of nitrogens with one attached hydrogen (secondary N) is 1. The first-order chi connectivity index (χ1) is 14.4. The van der Waals surface area contributed by atoms with Crippen molar-refractivity contribution in [1.82, 2.24) is 19.5 Å². The molecule has 30 heavy (non-hydrogen) atoms. The van der Waals surface area contributed by atoms with Gasteiger partial charge in [-0.1, -0.05) is 11.6 Å². The zero-order chi connectivity index (χ0) is 21.4. The van der Waals surface area contributed by atoms with Gasteiger partial charge in [-0.25, -0.2) is 15.0 Å². The SMILES string of the molecule is COc1ccc(Cl)c(CNc2nc(I)nc3c2ncn3[C@@H]2O[C@H](CO)[C@@H](O)[C@H]2O)c1. The molecule has 0 saturated carbocycles. The zero-order valence-electron chi connectivity index (χ0n) is 15.7. The maximum absolute atomic E-state index is 10.3. The number of aliphatic hydroxyl groups excluding tert-OH is 3. The summed E-state index contributed by atoms with van der Waals surface area (Å²) in [5.74, 6) is 1.17. The molecule has 12 heteroatoms. The van der Waals surface area contributed by atoms with Crippen molar-refractivity contribution >= 4 is 51.2 Å². The first kappa shape index (κ1) is 21.5. The van der Waals surface area contributed by atoms with Crippen molar-refractivity contribution in [3.05, 3.63) is 38.9 Å². The molecule has 3 heterocycles. The van der Waals surface area contributed by atoms with Crippen LogP contribution in [0.2, 0.25) is 5.02 Å². The largest absolute Gasteiger partial charge is 0.497 e. The van der Waals surface area contributed by atoms with E-state index in [0.717, 1.165) is 5.56 Å². The lowest BCUT2D eigenvalue weighted by molar-refractivity contribution is -0.0511. The predicted octanol–water partition coefficient (Wildman–Crippen LogP) is 1.32. The van der Waals surface area contributed by atoms with E-state index in [9.17, 15) is 15.3 Å². The van der Waals surface area contributed by atoms with E-state index in [4.69, 9.17) is 21.1 Å². The maximum atomic E-state index is 10.3. The third-order valence-electron chi connectivity index (χ3n) is 4.88. The van der Waals surface area contributed by atoms with Gasteiger partial charge in [-0.2, -0.15) is 0 Å². The van der Waals surface area contributed by atoms with Gasteiger partial charge in [0.05, 0.1) is 20.0 Å². The molecule has 0 bridgehead atoms. The number of hydrogen-bond acceptors (Lipinski definition) is 9. The highest BCUT2D eigenvalue weighted by molar-refractivity contribution is 14.1. The molecule has 4 rings (SSSR count). The van der Waals surface area contributed by atoms with Gasteiger partial charge >= 0.3 is 0 Å². The third-order valence-corrected chi connectivity index (χ3v) is 5.74. The molecule has 0 spiro atoms. The van der Waals surface area contributed by atoms with Crippen molar-refractivity contribution in [1.29, 1.82) is 0 Å². The minimum absolute atomic E-state index is 0.374. The third kappa shape index (κ3) is 3.92. The summed E-state index contributed by atoms with van der Waals surface area (Å²) in [5, 5.41) is 33.5. The van der Waals surface area contributed by atoms with E-state index in [0.29, 0.717) is 38.1 Å². The lowest BCUT2D eigenvalue weighted by atomic mass is 10.1. The van der Waals surface area contributed by atoms with Gasteiger partial charge in [0.25, 0.3) is 0 Å². The maximum Gasteiger partial charge on any atom is 0.194 e. The summed E-state index contributed by atoms with van der Waals surface area (Å²) in [6.45, 7) is -0.0408. The molecule has 1 saturated heterocycles. The van der Waals surface area contributed by atoms with E-state index in [1.54, 1.807) is 19.2 Å². The molecule has 2 aromatic heterocycles. The Labute approximate surface area is 190 Å². The van der Waals surface area contributed by atoms with Crippen molar-refractivity contribution in [3.63, 3.8) is 0 Å². The fraction of sp³-hybridized carbons (Fsp3) is 0.389. The van der Waals surface area contributed by atoms with E-state index >= 15 is 0 Å². The predicted molar refractivity (Wildman–Crippen MR) is 116 cm³/mol. The topological polar surface area (TPSA) is 135 Å². The lowest BCUT2D eigenvalue weighted by Gasteiger charge is -2.16. The van der Waals surface area contributed by atoms with Gasteiger partial charge in [0.2, 0.25) is 0 Å². The second kappa shape index (κ2) is 8.77. The molecule has 3 aromatic rings. The number of aliphatic hydroxyl groups is 3. The van der Waals surface area contributed by atoms with E-state index in [1.807, 2.05) is 28.7 Å². The Morgan fingerprint density at radius 3 is 2.80 bits per heavy atom. The lowest BCUT2D eigenvalue weighted by Crippen LogP contribution is -2.33. The number of hydrogen-bond donors (Lipinski definition) is 4. The molecule has 0 unspecified atom stereocenters. The summed E-state index contributed by atoms with van der Waals surface area (Å²) in [5.41, 5.74) is 1.70. The van der Waals surface area contributed by atoms with Crippen LogP contribution in [0.15, 0.2) is 24.5 Å². The standard InChI is InChI=1S/C18H19ClIN5O5/c1-29-9-2-3-10(19)8(4-9)5-21-15-12-16(24-18(20)23-15)25(7-22-12)17-14(28)13(27)11(6-26)30-17/h2-4,7,11,13-14,17,26-28H,5-6H2,1H3,(H,21,23,24)/t11-,13-,14-,17-/m1/s1. The molecule has 1 aliphatic rings. The van der Waals surface area contributed by atoms with Crippen LogP contribution in [0, 0.1) is 3.83 Å². The Bertz CT molecular complexity index is 1070. The molecule has 160 valence electrons. The van der Waals surface area contributed by atoms with Gasteiger partial charge in [-0.3, -0.25) is 4.57 Å². The Morgan fingerprint density at radius 1 is 1.30 bits per heavy atom. The molecule has 4 atom stereocenters. The Balaban J connectivity index is 1.65. The quantitative estimate of drug-likeness (QED) is 0.266. The summed E-state index contributed by atoms with van der Waals surface area (Å²) < 4.78 is 12.8. The van der Waals surface area contributed by atoms with Crippen LogP contribution >= 0.6 is 34.2 Å². The number of ether oxygens (including phenoxy) is 2. The van der Waals surface area contributed by atoms with Gasteiger partial charge in [0, 0.05) is 34.2 Å². The number of methoxy groups -OCH3 is 1. The summed E-state index contributed by atoms with van der Waals surface area (Å²) in [6.07, 6.45) is -2.82.